The first-order valence-electron chi connectivity index (χ1n) is 23.1. The van der Waals surface area contributed by atoms with Crippen molar-refractivity contribution < 1.29 is 4.42 Å². The number of hydrogen-bond acceptors (Lipinski definition) is 4. The number of furan rings is 1. The lowest BCUT2D eigenvalue weighted by Gasteiger charge is -2.30. The summed E-state index contributed by atoms with van der Waals surface area (Å²) < 4.78 is 8.96. The topological polar surface area (TPSA) is 19.6 Å². The minimum absolute atomic E-state index is 0.863. The minimum atomic E-state index is 0.863. The van der Waals surface area contributed by atoms with Crippen molar-refractivity contribution >= 4 is 98.3 Å². The Bertz CT molecular complexity index is 3950. The summed E-state index contributed by atoms with van der Waals surface area (Å²) >= 11 is 1.86. The zero-order valence-electron chi connectivity index (χ0n) is 37.0. The van der Waals surface area contributed by atoms with Crippen molar-refractivity contribution in [3.05, 3.63) is 255 Å². The van der Waals surface area contributed by atoms with Crippen LogP contribution in [0.15, 0.2) is 259 Å². The van der Waals surface area contributed by atoms with Gasteiger partial charge in [-0.15, -0.1) is 11.3 Å². The predicted molar refractivity (Wildman–Crippen MR) is 290 cm³/mol. The number of nitrogens with zero attached hydrogens (tertiary/aromatic N) is 2. The molecule has 0 fully saturated rings. The summed E-state index contributed by atoms with van der Waals surface area (Å²) in [6.07, 6.45) is 0. The number of para-hydroxylation sites is 2. The van der Waals surface area contributed by atoms with Gasteiger partial charge in [-0.25, -0.2) is 0 Å². The predicted octanol–water partition coefficient (Wildman–Crippen LogP) is 19.0. The van der Waals surface area contributed by atoms with Gasteiger partial charge in [-0.3, -0.25) is 0 Å². The van der Waals surface area contributed by atoms with E-state index < -0.39 is 0 Å². The lowest BCUT2D eigenvalue weighted by Crippen LogP contribution is -2.13. The summed E-state index contributed by atoms with van der Waals surface area (Å²) in [5, 5.41) is 7.29. The van der Waals surface area contributed by atoms with Crippen LogP contribution < -0.4 is 9.80 Å². The number of benzene rings is 11. The molecule has 0 atom stereocenters. The zero-order valence-corrected chi connectivity index (χ0v) is 37.8. The van der Waals surface area contributed by atoms with Crippen LogP contribution in [-0.4, -0.2) is 0 Å². The van der Waals surface area contributed by atoms with Gasteiger partial charge < -0.3 is 14.2 Å². The molecule has 0 aliphatic carbocycles. The first-order valence-corrected chi connectivity index (χ1v) is 23.9. The smallest absolute Gasteiger partial charge is 0.135 e. The van der Waals surface area contributed by atoms with Crippen molar-refractivity contribution in [1.82, 2.24) is 0 Å². The molecule has 0 spiro atoms. The quantitative estimate of drug-likeness (QED) is 0.144. The Labute approximate surface area is 398 Å². The molecule has 0 amide bonds. The average molecular weight is 887 g/mol. The van der Waals surface area contributed by atoms with Crippen molar-refractivity contribution in [2.24, 2.45) is 0 Å². The molecule has 0 radical (unpaired) electrons. The fraction of sp³-hybridized carbons (Fsp3) is 0. The highest BCUT2D eigenvalue weighted by Crippen LogP contribution is 2.46. The molecule has 0 saturated carbocycles. The van der Waals surface area contributed by atoms with Crippen LogP contribution in [0.25, 0.3) is 86.3 Å². The van der Waals surface area contributed by atoms with Crippen LogP contribution in [-0.2, 0) is 0 Å². The summed E-state index contributed by atoms with van der Waals surface area (Å²) in [5.41, 5.74) is 15.0. The molecule has 0 aliphatic heterocycles. The van der Waals surface area contributed by atoms with E-state index in [-0.39, 0.29) is 0 Å². The molecular formula is C64H42N2OS. The van der Waals surface area contributed by atoms with E-state index in [2.05, 4.69) is 252 Å². The molecule has 320 valence electrons. The summed E-state index contributed by atoms with van der Waals surface area (Å²) in [6.45, 7) is 0. The SMILES string of the molecule is c1ccc(-c2ccc(N(c3ccccc3)c3cc(-c4ccc5sc6ccc7ccccc7c6c5c4)cc(N(c4ccc(-c5ccccc5)cc4)c4ccc5oc6ccccc6c5c4)c3)cc2)cc1. The highest BCUT2D eigenvalue weighted by molar-refractivity contribution is 7.26. The molecule has 0 unspecified atom stereocenters. The van der Waals surface area contributed by atoms with E-state index in [0.717, 1.165) is 72.8 Å². The van der Waals surface area contributed by atoms with E-state index in [4.69, 9.17) is 4.42 Å². The number of hydrogen-bond donors (Lipinski definition) is 0. The van der Waals surface area contributed by atoms with Crippen molar-refractivity contribution in [3.63, 3.8) is 0 Å². The fourth-order valence-corrected chi connectivity index (χ4v) is 11.0. The van der Waals surface area contributed by atoms with Gasteiger partial charge in [0.25, 0.3) is 0 Å². The fourth-order valence-electron chi connectivity index (χ4n) is 9.94. The summed E-state index contributed by atoms with van der Waals surface area (Å²) in [5.74, 6) is 0. The molecule has 3 nitrogen and oxygen atoms in total. The number of fused-ring (bicyclic) bond motifs is 8. The molecule has 0 saturated heterocycles. The van der Waals surface area contributed by atoms with Crippen LogP contribution in [0, 0.1) is 0 Å². The molecule has 4 heteroatoms. The number of thiophene rings is 1. The van der Waals surface area contributed by atoms with Crippen molar-refractivity contribution in [3.8, 4) is 33.4 Å². The molecule has 13 rings (SSSR count). The molecule has 2 aromatic heterocycles. The lowest BCUT2D eigenvalue weighted by atomic mass is 9.98. The van der Waals surface area contributed by atoms with Gasteiger partial charge in [-0.05, 0) is 141 Å². The first kappa shape index (κ1) is 39.6. The zero-order chi connectivity index (χ0) is 45.0. The Balaban J connectivity index is 1.06. The van der Waals surface area contributed by atoms with Crippen LogP contribution in [0.2, 0.25) is 0 Å². The Kier molecular flexibility index (Phi) is 9.69. The van der Waals surface area contributed by atoms with Gasteiger partial charge in [0.1, 0.15) is 11.2 Å². The maximum Gasteiger partial charge on any atom is 0.135 e. The highest BCUT2D eigenvalue weighted by Gasteiger charge is 2.22. The third-order valence-corrected chi connectivity index (χ3v) is 14.3. The molecule has 13 aromatic rings. The highest BCUT2D eigenvalue weighted by atomic mass is 32.1. The maximum absolute atomic E-state index is 6.39. The lowest BCUT2D eigenvalue weighted by molar-refractivity contribution is 0.669. The molecule has 2 heterocycles. The van der Waals surface area contributed by atoms with E-state index in [1.54, 1.807) is 0 Å². The average Bonchev–Trinajstić information content (AvgIpc) is 3.98. The van der Waals surface area contributed by atoms with Gasteiger partial charge in [-0.1, -0.05) is 158 Å². The first-order chi connectivity index (χ1) is 33.7. The Morgan fingerprint density at radius 3 is 1.44 bits per heavy atom. The van der Waals surface area contributed by atoms with Gasteiger partial charge in [0.05, 0.1) is 0 Å². The normalized spacial score (nSPS) is 11.5. The largest absolute Gasteiger partial charge is 0.456 e. The Morgan fingerprint density at radius 1 is 0.265 bits per heavy atom. The van der Waals surface area contributed by atoms with Gasteiger partial charge in [0.15, 0.2) is 0 Å². The van der Waals surface area contributed by atoms with Gasteiger partial charge in [0, 0.05) is 65.1 Å². The van der Waals surface area contributed by atoms with Gasteiger partial charge in [0.2, 0.25) is 0 Å². The van der Waals surface area contributed by atoms with E-state index in [1.165, 1.54) is 47.6 Å². The monoisotopic (exact) mass is 886 g/mol. The molecule has 0 aliphatic rings. The van der Waals surface area contributed by atoms with Crippen LogP contribution in [0.4, 0.5) is 34.1 Å². The van der Waals surface area contributed by atoms with Crippen LogP contribution >= 0.6 is 11.3 Å². The van der Waals surface area contributed by atoms with Gasteiger partial charge >= 0.3 is 0 Å². The second kappa shape index (κ2) is 16.6. The second-order valence-electron chi connectivity index (χ2n) is 17.3. The Morgan fingerprint density at radius 2 is 0.765 bits per heavy atom. The molecule has 0 N–H and O–H groups in total. The van der Waals surface area contributed by atoms with Crippen molar-refractivity contribution in [2.45, 2.75) is 0 Å². The molecule has 11 aromatic carbocycles. The third-order valence-electron chi connectivity index (χ3n) is 13.2. The summed E-state index contributed by atoms with van der Waals surface area (Å²) in [4.78, 5) is 4.79. The number of rotatable bonds is 9. The molecule has 0 bridgehead atoms. The maximum atomic E-state index is 6.39. The van der Waals surface area contributed by atoms with Gasteiger partial charge in [-0.2, -0.15) is 0 Å². The third kappa shape index (κ3) is 7.07. The standard InChI is InChI=1S/C64H42N2OS/c1-4-14-43(15-5-1)45-24-30-51(31-25-45)65(50-19-8-3-9-20-50)54-38-49(48-29-36-62-59(40-48)64-56-21-11-10-18-47(56)28-37-63(64)68-62)39-55(41-54)66(52-32-26-46(27-33-52)44-16-6-2-7-17-44)53-34-35-61-58(42-53)57-22-12-13-23-60(57)67-61/h1-42H. The summed E-state index contributed by atoms with van der Waals surface area (Å²) in [6, 6.07) is 92.1. The summed E-state index contributed by atoms with van der Waals surface area (Å²) in [7, 11) is 0. The van der Waals surface area contributed by atoms with Crippen LogP contribution in [0.3, 0.4) is 0 Å². The van der Waals surface area contributed by atoms with Crippen LogP contribution in [0.5, 0.6) is 0 Å². The minimum Gasteiger partial charge on any atom is -0.456 e. The van der Waals surface area contributed by atoms with E-state index in [1.807, 2.05) is 23.5 Å². The van der Waals surface area contributed by atoms with Crippen LogP contribution in [0.1, 0.15) is 0 Å². The van der Waals surface area contributed by atoms with E-state index in [0.29, 0.717) is 0 Å². The van der Waals surface area contributed by atoms with E-state index >= 15 is 0 Å². The molecule has 68 heavy (non-hydrogen) atoms. The van der Waals surface area contributed by atoms with E-state index in [9.17, 15) is 0 Å². The number of anilines is 6. The second-order valence-corrected chi connectivity index (χ2v) is 18.4. The van der Waals surface area contributed by atoms with Crippen molar-refractivity contribution in [2.75, 3.05) is 9.80 Å². The molecular weight excluding hydrogens is 845 g/mol. The Hall–Kier alpha value is -8.70. The van der Waals surface area contributed by atoms with Crippen molar-refractivity contribution in [1.29, 1.82) is 0 Å².